The van der Waals surface area contributed by atoms with Crippen LogP contribution in [0.2, 0.25) is 0 Å². The fourth-order valence-electron chi connectivity index (χ4n) is 2.51. The first-order chi connectivity index (χ1) is 12.0. The van der Waals surface area contributed by atoms with Crippen LogP contribution in [0.25, 0.3) is 0 Å². The van der Waals surface area contributed by atoms with E-state index < -0.39 is 0 Å². The molecule has 0 saturated heterocycles. The number of benzene rings is 2. The van der Waals surface area contributed by atoms with Gasteiger partial charge in [0.2, 0.25) is 0 Å². The summed E-state index contributed by atoms with van der Waals surface area (Å²) in [6.45, 7) is 5.96. The van der Waals surface area contributed by atoms with Crippen molar-refractivity contribution in [3.05, 3.63) is 70.2 Å². The highest BCUT2D eigenvalue weighted by Crippen LogP contribution is 2.30. The molecule has 1 N–H and O–H groups in total. The van der Waals surface area contributed by atoms with E-state index in [1.807, 2.05) is 74.3 Å². The Kier molecular flexibility index (Phi) is 4.86. The van der Waals surface area contributed by atoms with Crippen molar-refractivity contribution in [2.75, 3.05) is 17.3 Å². The van der Waals surface area contributed by atoms with Gasteiger partial charge in [-0.05, 0) is 56.2 Å². The summed E-state index contributed by atoms with van der Waals surface area (Å²) in [5, 5.41) is 3.77. The maximum Gasteiger partial charge on any atom is 0.267 e. The molecule has 0 saturated carbocycles. The van der Waals surface area contributed by atoms with Gasteiger partial charge >= 0.3 is 0 Å². The van der Waals surface area contributed by atoms with Gasteiger partial charge in [-0.1, -0.05) is 35.6 Å². The average Bonchev–Trinajstić information content (AvgIpc) is 3.00. The number of para-hydroxylation sites is 1. The van der Waals surface area contributed by atoms with Crippen molar-refractivity contribution in [1.29, 1.82) is 0 Å². The van der Waals surface area contributed by atoms with E-state index in [0.29, 0.717) is 4.88 Å². The standard InChI is InChI=1S/C20H21N3OS/c1-13-10-11-16(12-14(13)2)22-19(24)18-15(3)21-20(25-18)23(4)17-8-6-5-7-9-17/h5-12H,1-4H3,(H,22,24). The predicted octanol–water partition coefficient (Wildman–Crippen LogP) is 5.09. The van der Waals surface area contributed by atoms with E-state index in [1.165, 1.54) is 16.9 Å². The molecule has 3 rings (SSSR count). The monoisotopic (exact) mass is 351 g/mol. The van der Waals surface area contributed by atoms with Crippen LogP contribution in [-0.4, -0.2) is 17.9 Å². The van der Waals surface area contributed by atoms with Crippen molar-refractivity contribution < 1.29 is 4.79 Å². The summed E-state index contributed by atoms with van der Waals surface area (Å²) in [5.74, 6) is -0.119. The Bertz CT molecular complexity index is 903. The van der Waals surface area contributed by atoms with E-state index in [0.717, 1.165) is 27.8 Å². The highest BCUT2D eigenvalue weighted by molar-refractivity contribution is 7.17. The topological polar surface area (TPSA) is 45.2 Å². The molecule has 1 aromatic heterocycles. The van der Waals surface area contributed by atoms with Crippen LogP contribution in [0.4, 0.5) is 16.5 Å². The van der Waals surface area contributed by atoms with Gasteiger partial charge in [0.15, 0.2) is 5.13 Å². The van der Waals surface area contributed by atoms with Crippen LogP contribution in [0.5, 0.6) is 0 Å². The predicted molar refractivity (Wildman–Crippen MR) is 105 cm³/mol. The number of aryl methyl sites for hydroxylation is 3. The van der Waals surface area contributed by atoms with E-state index in [2.05, 4.69) is 17.2 Å². The van der Waals surface area contributed by atoms with Gasteiger partial charge in [0, 0.05) is 18.4 Å². The van der Waals surface area contributed by atoms with Gasteiger partial charge in [-0.25, -0.2) is 4.98 Å². The summed E-state index contributed by atoms with van der Waals surface area (Å²) in [6, 6.07) is 15.9. The van der Waals surface area contributed by atoms with Crippen LogP contribution in [0.15, 0.2) is 48.5 Å². The molecule has 0 fully saturated rings. The Morgan fingerprint density at radius 3 is 2.44 bits per heavy atom. The van der Waals surface area contributed by atoms with Crippen LogP contribution < -0.4 is 10.2 Å². The molecule has 5 heteroatoms. The molecule has 1 amide bonds. The minimum atomic E-state index is -0.119. The molecular formula is C20H21N3OS. The largest absolute Gasteiger partial charge is 0.321 e. The molecule has 3 aromatic rings. The summed E-state index contributed by atoms with van der Waals surface area (Å²) in [7, 11) is 1.96. The highest BCUT2D eigenvalue weighted by atomic mass is 32.1. The lowest BCUT2D eigenvalue weighted by Crippen LogP contribution is -2.11. The zero-order valence-electron chi connectivity index (χ0n) is 14.8. The molecule has 128 valence electrons. The second-order valence-electron chi connectivity index (χ2n) is 6.06. The number of nitrogens with zero attached hydrogens (tertiary/aromatic N) is 2. The number of aromatic nitrogens is 1. The van der Waals surface area contributed by atoms with Gasteiger partial charge in [0.05, 0.1) is 5.69 Å². The number of hydrogen-bond acceptors (Lipinski definition) is 4. The molecule has 1 heterocycles. The fraction of sp³-hybridized carbons (Fsp3) is 0.200. The van der Waals surface area contributed by atoms with E-state index in [4.69, 9.17) is 0 Å². The number of anilines is 3. The van der Waals surface area contributed by atoms with Crippen LogP contribution in [0.1, 0.15) is 26.5 Å². The van der Waals surface area contributed by atoms with Crippen molar-refractivity contribution in [1.82, 2.24) is 4.98 Å². The second-order valence-corrected chi connectivity index (χ2v) is 7.04. The summed E-state index contributed by atoms with van der Waals surface area (Å²) < 4.78 is 0. The van der Waals surface area contributed by atoms with Gasteiger partial charge in [0.1, 0.15) is 4.88 Å². The smallest absolute Gasteiger partial charge is 0.267 e. The van der Waals surface area contributed by atoms with Gasteiger partial charge in [-0.3, -0.25) is 4.79 Å². The molecule has 4 nitrogen and oxygen atoms in total. The first-order valence-electron chi connectivity index (χ1n) is 8.10. The number of amides is 1. The normalized spacial score (nSPS) is 10.6. The van der Waals surface area contributed by atoms with Gasteiger partial charge < -0.3 is 10.2 Å². The number of nitrogens with one attached hydrogen (secondary N) is 1. The average molecular weight is 351 g/mol. The van der Waals surface area contributed by atoms with Gasteiger partial charge in [-0.2, -0.15) is 0 Å². The molecule has 0 bridgehead atoms. The maximum absolute atomic E-state index is 12.6. The van der Waals surface area contributed by atoms with Crippen molar-refractivity contribution in [3.63, 3.8) is 0 Å². The first kappa shape index (κ1) is 17.2. The number of thiazole rings is 1. The number of carbonyl (C=O) groups is 1. The molecular weight excluding hydrogens is 330 g/mol. The minimum absolute atomic E-state index is 0.119. The third-order valence-electron chi connectivity index (χ3n) is 4.19. The molecule has 2 aromatic carbocycles. The summed E-state index contributed by atoms with van der Waals surface area (Å²) in [5.41, 5.74) is 4.95. The lowest BCUT2D eigenvalue weighted by Gasteiger charge is -2.15. The van der Waals surface area contributed by atoms with Crippen molar-refractivity contribution in [2.45, 2.75) is 20.8 Å². The molecule has 0 radical (unpaired) electrons. The summed E-state index contributed by atoms with van der Waals surface area (Å²) >= 11 is 1.40. The Morgan fingerprint density at radius 1 is 1.04 bits per heavy atom. The Labute approximate surface area is 152 Å². The molecule has 25 heavy (non-hydrogen) atoms. The minimum Gasteiger partial charge on any atom is -0.321 e. The van der Waals surface area contributed by atoms with Crippen LogP contribution in [0, 0.1) is 20.8 Å². The van der Waals surface area contributed by atoms with E-state index in [-0.39, 0.29) is 5.91 Å². The molecule has 0 aliphatic heterocycles. The Balaban J connectivity index is 1.82. The number of carbonyl (C=O) groups excluding carboxylic acids is 1. The number of rotatable bonds is 4. The zero-order chi connectivity index (χ0) is 18.0. The van der Waals surface area contributed by atoms with E-state index >= 15 is 0 Å². The third kappa shape index (κ3) is 3.72. The van der Waals surface area contributed by atoms with Crippen LogP contribution in [-0.2, 0) is 0 Å². The van der Waals surface area contributed by atoms with Crippen LogP contribution in [0.3, 0.4) is 0 Å². The van der Waals surface area contributed by atoms with Gasteiger partial charge in [0.25, 0.3) is 5.91 Å². The van der Waals surface area contributed by atoms with Crippen molar-refractivity contribution >= 4 is 33.8 Å². The number of hydrogen-bond donors (Lipinski definition) is 1. The molecule has 0 aliphatic carbocycles. The SMILES string of the molecule is Cc1ccc(NC(=O)c2sc(N(C)c3ccccc3)nc2C)cc1C. The molecule has 0 aliphatic rings. The molecule has 0 atom stereocenters. The zero-order valence-corrected chi connectivity index (χ0v) is 15.6. The van der Waals surface area contributed by atoms with Crippen molar-refractivity contribution in [3.8, 4) is 0 Å². The van der Waals surface area contributed by atoms with E-state index in [1.54, 1.807) is 0 Å². The van der Waals surface area contributed by atoms with E-state index in [9.17, 15) is 4.79 Å². The van der Waals surface area contributed by atoms with Gasteiger partial charge in [-0.15, -0.1) is 0 Å². The molecule has 0 unspecified atom stereocenters. The lowest BCUT2D eigenvalue weighted by molar-refractivity contribution is 0.103. The van der Waals surface area contributed by atoms with Crippen molar-refractivity contribution in [2.24, 2.45) is 0 Å². The maximum atomic E-state index is 12.6. The fourth-order valence-corrected chi connectivity index (χ4v) is 3.45. The second kappa shape index (κ2) is 7.07. The summed E-state index contributed by atoms with van der Waals surface area (Å²) in [6.07, 6.45) is 0. The highest BCUT2D eigenvalue weighted by Gasteiger charge is 2.18. The third-order valence-corrected chi connectivity index (χ3v) is 5.42. The quantitative estimate of drug-likeness (QED) is 0.712. The Hall–Kier alpha value is -2.66. The van der Waals surface area contributed by atoms with Crippen LogP contribution >= 0.6 is 11.3 Å². The molecule has 0 spiro atoms. The summed E-state index contributed by atoms with van der Waals surface area (Å²) in [4.78, 5) is 19.8. The lowest BCUT2D eigenvalue weighted by atomic mass is 10.1. The first-order valence-corrected chi connectivity index (χ1v) is 8.92. The Morgan fingerprint density at radius 2 is 1.76 bits per heavy atom.